The molecule has 4 amide bonds. The number of allylic oxidation sites excluding steroid dienone is 2. The van der Waals surface area contributed by atoms with E-state index in [4.69, 9.17) is 11.6 Å². The van der Waals surface area contributed by atoms with Gasteiger partial charge in [-0.25, -0.2) is 14.1 Å². The number of hydrogen-bond donors (Lipinski definition) is 4. The molecule has 2 aliphatic heterocycles. The fourth-order valence-corrected chi connectivity index (χ4v) is 9.41. The lowest BCUT2D eigenvalue weighted by atomic mass is 9.49. The smallest absolute Gasteiger partial charge is 0.339 e. The van der Waals surface area contributed by atoms with Crippen LogP contribution in [0.2, 0.25) is 5.02 Å². The van der Waals surface area contributed by atoms with Gasteiger partial charge in [-0.2, -0.15) is 5.01 Å². The molecule has 2 saturated heterocycles. The summed E-state index contributed by atoms with van der Waals surface area (Å²) < 4.78 is 13.9. The Balaban J connectivity index is 1.32. The van der Waals surface area contributed by atoms with Crippen LogP contribution in [0.4, 0.5) is 15.8 Å². The third-order valence-corrected chi connectivity index (χ3v) is 11.8. The highest BCUT2D eigenvalue weighted by Gasteiger charge is 2.70. The summed E-state index contributed by atoms with van der Waals surface area (Å²) >= 11 is 6.35. The Kier molecular flexibility index (Phi) is 8.14. The topological polar surface area (TPSA) is 165 Å². The summed E-state index contributed by atoms with van der Waals surface area (Å²) in [7, 11) is 0. The molecular weight excluding hydrogens is 717 g/mol. The van der Waals surface area contributed by atoms with Gasteiger partial charge in [-0.05, 0) is 103 Å². The Labute approximate surface area is 313 Å². The Morgan fingerprint density at radius 2 is 1.54 bits per heavy atom. The molecular formula is C41H33ClFN3O8. The number of amides is 4. The highest BCUT2D eigenvalue weighted by Crippen LogP contribution is 2.64. The number of benzene rings is 4. The highest BCUT2D eigenvalue weighted by molar-refractivity contribution is 6.30. The van der Waals surface area contributed by atoms with Crippen LogP contribution in [0.1, 0.15) is 51.4 Å². The number of aryl methyl sites for hydroxylation is 2. The first-order chi connectivity index (χ1) is 25.7. The van der Waals surface area contributed by atoms with Crippen LogP contribution in [0.3, 0.4) is 0 Å². The lowest BCUT2D eigenvalue weighted by Crippen LogP contribution is -2.53. The number of carboxylic acids is 1. The van der Waals surface area contributed by atoms with Crippen molar-refractivity contribution in [3.8, 4) is 11.5 Å². The number of phenols is 2. The van der Waals surface area contributed by atoms with Crippen molar-refractivity contribution in [1.29, 1.82) is 0 Å². The zero-order valence-electron chi connectivity index (χ0n) is 28.9. The molecule has 2 aliphatic carbocycles. The van der Waals surface area contributed by atoms with Crippen molar-refractivity contribution in [2.24, 2.45) is 23.7 Å². The average molecular weight is 750 g/mol. The van der Waals surface area contributed by atoms with E-state index in [1.54, 1.807) is 50.2 Å². The monoisotopic (exact) mass is 749 g/mol. The molecule has 4 aromatic carbocycles. The van der Waals surface area contributed by atoms with Crippen molar-refractivity contribution in [3.63, 3.8) is 0 Å². The van der Waals surface area contributed by atoms with Crippen molar-refractivity contribution in [2.45, 2.75) is 38.0 Å². The van der Waals surface area contributed by atoms with E-state index in [1.165, 1.54) is 30.3 Å². The maximum atomic E-state index is 15.3. The van der Waals surface area contributed by atoms with E-state index in [0.29, 0.717) is 32.8 Å². The van der Waals surface area contributed by atoms with Gasteiger partial charge in [0.05, 0.1) is 34.5 Å². The largest absolute Gasteiger partial charge is 0.507 e. The van der Waals surface area contributed by atoms with E-state index in [9.17, 15) is 38.9 Å². The van der Waals surface area contributed by atoms with Gasteiger partial charge in [-0.15, -0.1) is 0 Å². The minimum atomic E-state index is -1.59. The average Bonchev–Trinajstić information content (AvgIpc) is 3.52. The van der Waals surface area contributed by atoms with Gasteiger partial charge in [0.25, 0.3) is 11.8 Å². The molecule has 13 heteroatoms. The lowest BCUT2D eigenvalue weighted by molar-refractivity contribution is -0.138. The number of rotatable bonds is 6. The third kappa shape index (κ3) is 5.03. The quantitative estimate of drug-likeness (QED) is 0.129. The van der Waals surface area contributed by atoms with Crippen LogP contribution in [-0.4, -0.2) is 49.9 Å². The Morgan fingerprint density at radius 1 is 0.870 bits per heavy atom. The zero-order valence-corrected chi connectivity index (χ0v) is 29.7. The number of phenolic OH excluding ortho intramolecular Hbond substituents is 1. The van der Waals surface area contributed by atoms with Crippen molar-refractivity contribution in [1.82, 2.24) is 5.01 Å². The van der Waals surface area contributed by atoms with Gasteiger partial charge in [0.2, 0.25) is 11.8 Å². The number of aromatic carboxylic acids is 1. The molecule has 0 unspecified atom stereocenters. The maximum absolute atomic E-state index is 15.3. The molecule has 6 atom stereocenters. The minimum absolute atomic E-state index is 0.00437. The number of nitrogens with zero attached hydrogens (tertiary/aromatic N) is 2. The van der Waals surface area contributed by atoms with Gasteiger partial charge < -0.3 is 15.3 Å². The van der Waals surface area contributed by atoms with Gasteiger partial charge in [0, 0.05) is 17.0 Å². The number of hydrogen-bond acceptors (Lipinski definition) is 8. The second-order valence-corrected chi connectivity index (χ2v) is 14.8. The summed E-state index contributed by atoms with van der Waals surface area (Å²) in [6, 6.07) is 18.9. The van der Waals surface area contributed by atoms with Crippen molar-refractivity contribution in [3.05, 3.63) is 129 Å². The minimum Gasteiger partial charge on any atom is -0.507 e. The second kappa shape index (κ2) is 12.6. The number of anilines is 2. The van der Waals surface area contributed by atoms with Crippen LogP contribution in [0.15, 0.2) is 90.5 Å². The molecule has 8 rings (SSSR count). The first-order valence-electron chi connectivity index (χ1n) is 17.3. The van der Waals surface area contributed by atoms with Crippen molar-refractivity contribution >= 4 is 52.6 Å². The fraction of sp³-hybridized carbons (Fsp3) is 0.244. The molecule has 4 aromatic rings. The van der Waals surface area contributed by atoms with E-state index in [0.717, 1.165) is 22.0 Å². The fourth-order valence-electron chi connectivity index (χ4n) is 9.28. The Morgan fingerprint density at radius 3 is 2.17 bits per heavy atom. The number of imide groups is 2. The normalized spacial score (nSPS) is 26.0. The molecule has 0 bridgehead atoms. The summed E-state index contributed by atoms with van der Waals surface area (Å²) in [6.45, 7) is 3.46. The van der Waals surface area contributed by atoms with Crippen LogP contribution in [-0.2, 0) is 24.6 Å². The molecule has 274 valence electrons. The van der Waals surface area contributed by atoms with Crippen LogP contribution in [0.25, 0.3) is 0 Å². The van der Waals surface area contributed by atoms with E-state index < -0.39 is 81.7 Å². The van der Waals surface area contributed by atoms with Crippen molar-refractivity contribution < 1.29 is 43.7 Å². The molecule has 2 heterocycles. The first-order valence-corrected chi connectivity index (χ1v) is 17.7. The third-order valence-electron chi connectivity index (χ3n) is 11.6. The number of halogens is 2. The molecule has 4 aliphatic rings. The van der Waals surface area contributed by atoms with Crippen molar-refractivity contribution in [2.75, 3.05) is 10.3 Å². The number of aromatic hydroxyl groups is 2. The number of fused-ring (bicyclic) bond motifs is 4. The predicted octanol–water partition coefficient (Wildman–Crippen LogP) is 6.39. The molecule has 54 heavy (non-hydrogen) atoms. The molecule has 1 saturated carbocycles. The summed E-state index contributed by atoms with van der Waals surface area (Å²) in [5.41, 5.74) is 4.09. The van der Waals surface area contributed by atoms with Gasteiger partial charge in [-0.3, -0.25) is 24.6 Å². The van der Waals surface area contributed by atoms with Gasteiger partial charge >= 0.3 is 5.97 Å². The molecule has 0 radical (unpaired) electrons. The van der Waals surface area contributed by atoms with E-state index in [2.05, 4.69) is 5.43 Å². The van der Waals surface area contributed by atoms with E-state index >= 15 is 4.79 Å². The van der Waals surface area contributed by atoms with Crippen LogP contribution < -0.4 is 10.3 Å². The molecule has 0 spiro atoms. The zero-order chi connectivity index (χ0) is 38.4. The molecule has 3 fully saturated rings. The van der Waals surface area contributed by atoms with Crippen LogP contribution in [0.5, 0.6) is 11.5 Å². The molecule has 0 aromatic heterocycles. The number of nitrogens with one attached hydrogen (secondary N) is 1. The standard InChI is InChI=1S/C41H33ClFN3O8/c1-19-15-21(16-20(2)35(19)48)34-27-13-14-29-33(38(51)45(36(29)49)26-11-12-28(39(52)53)32(47)17-26)30(27)18-31-37(50)46(44-25-9-7-24(43)8-10-25)40(54)41(31,34)22-3-5-23(42)6-4-22/h3-13,15-17,29-31,33-34,44,47-48H,14,18H2,1-2H3,(H,52,53)/t29-,30+,31-,33-,34-,41+/m0/s1. The lowest BCUT2D eigenvalue weighted by Gasteiger charge is -2.50. The van der Waals surface area contributed by atoms with Gasteiger partial charge in [0.15, 0.2) is 0 Å². The van der Waals surface area contributed by atoms with E-state index in [-0.39, 0.29) is 30.0 Å². The summed E-state index contributed by atoms with van der Waals surface area (Å²) in [5.74, 6) is -9.12. The van der Waals surface area contributed by atoms with Gasteiger partial charge in [0.1, 0.15) is 22.9 Å². The number of carboxylic acid groups (broad SMARTS) is 1. The van der Waals surface area contributed by atoms with Crippen LogP contribution in [0, 0.1) is 43.3 Å². The first kappa shape index (κ1) is 35.0. The number of hydrazine groups is 1. The molecule has 4 N–H and O–H groups in total. The maximum Gasteiger partial charge on any atom is 0.339 e. The predicted molar refractivity (Wildman–Crippen MR) is 194 cm³/mol. The SMILES string of the molecule is Cc1cc([C@H]2C3=CC[C@@H]4C(=O)N(c5ccc(C(=O)O)c(O)c5)C(=O)[C@@H]4[C@@H]3C[C@H]3C(=O)N(Nc4ccc(F)cc4)C(=O)[C@@]23c2ccc(Cl)cc2)cc(C)c1O. The number of carbonyl (C=O) groups is 5. The summed E-state index contributed by atoms with van der Waals surface area (Å²) in [6.07, 6.45) is 2.02. The van der Waals surface area contributed by atoms with Crippen LogP contribution >= 0.6 is 11.6 Å². The van der Waals surface area contributed by atoms with E-state index in [1.807, 2.05) is 6.08 Å². The Bertz CT molecular complexity index is 2320. The van der Waals surface area contributed by atoms with Gasteiger partial charge in [-0.1, -0.05) is 47.5 Å². The molecule has 11 nitrogen and oxygen atoms in total. The summed E-state index contributed by atoms with van der Waals surface area (Å²) in [4.78, 5) is 71.2. The number of carbonyl (C=O) groups excluding carboxylic acids is 4. The Hall–Kier alpha value is -6.01. The highest BCUT2D eigenvalue weighted by atomic mass is 35.5. The second-order valence-electron chi connectivity index (χ2n) is 14.4. The summed E-state index contributed by atoms with van der Waals surface area (Å²) in [5, 5.41) is 32.1.